The van der Waals surface area contributed by atoms with E-state index in [9.17, 15) is 4.79 Å². The molecule has 0 aliphatic rings. The second-order valence-corrected chi connectivity index (χ2v) is 5.39. The summed E-state index contributed by atoms with van der Waals surface area (Å²) in [7, 11) is 0. The van der Waals surface area contributed by atoms with Gasteiger partial charge in [-0.2, -0.15) is 5.10 Å². The summed E-state index contributed by atoms with van der Waals surface area (Å²) in [6.07, 6.45) is 21.2. The topological polar surface area (TPSA) is 50.2 Å². The van der Waals surface area contributed by atoms with Gasteiger partial charge in [-0.15, -0.1) is 6.42 Å². The summed E-state index contributed by atoms with van der Waals surface area (Å²) in [4.78, 5) is 13.9. The molecular formula is C21H26N4O. The first kappa shape index (κ1) is 20.8. The molecule has 0 saturated heterocycles. The first-order chi connectivity index (χ1) is 12.6. The van der Waals surface area contributed by atoms with Crippen molar-refractivity contribution in [2.24, 2.45) is 0 Å². The summed E-state index contributed by atoms with van der Waals surface area (Å²) < 4.78 is 1.61. The van der Waals surface area contributed by atoms with Crippen LogP contribution in [0, 0.1) is 12.3 Å². The van der Waals surface area contributed by atoms with Crippen molar-refractivity contribution in [1.29, 1.82) is 0 Å². The molecule has 1 rings (SSSR count). The summed E-state index contributed by atoms with van der Waals surface area (Å²) >= 11 is 0. The molecule has 5 heteroatoms. The lowest BCUT2D eigenvalue weighted by molar-refractivity contribution is -0.116. The van der Waals surface area contributed by atoms with Gasteiger partial charge < -0.3 is 10.2 Å². The number of allylic oxidation sites excluding steroid dienone is 5. The standard InChI is InChI=1S/C21H26N4O/c1-5-16-24(7-3)17-9-8-14-22-21(26)13-10-12-20(19(4)6-2)25-18-11-15-23-25/h2,5,7,10-13,15-16,18H,3-4,8-9,14,17H2,1H3,(H,22,26)/b13-10+,16-5-,20-12+. The lowest BCUT2D eigenvalue weighted by Gasteiger charge is -2.14. The molecule has 0 saturated carbocycles. The Balaban J connectivity index is 2.43. The van der Waals surface area contributed by atoms with Crippen LogP contribution in [0.3, 0.4) is 0 Å². The number of terminal acetylenes is 1. The summed E-state index contributed by atoms with van der Waals surface area (Å²) in [5.41, 5.74) is 1.14. The molecule has 26 heavy (non-hydrogen) atoms. The van der Waals surface area contributed by atoms with Crippen LogP contribution >= 0.6 is 0 Å². The van der Waals surface area contributed by atoms with Gasteiger partial charge in [0, 0.05) is 37.1 Å². The van der Waals surface area contributed by atoms with Crippen molar-refractivity contribution in [2.75, 3.05) is 13.1 Å². The van der Waals surface area contributed by atoms with E-state index in [-0.39, 0.29) is 5.91 Å². The molecule has 1 aromatic heterocycles. The molecular weight excluding hydrogens is 324 g/mol. The minimum atomic E-state index is -0.151. The zero-order valence-electron chi connectivity index (χ0n) is 15.3. The number of carbonyl (C=O) groups excluding carboxylic acids is 1. The van der Waals surface area contributed by atoms with Crippen LogP contribution in [-0.2, 0) is 4.79 Å². The summed E-state index contributed by atoms with van der Waals surface area (Å²) in [6, 6.07) is 1.79. The number of carbonyl (C=O) groups is 1. The van der Waals surface area contributed by atoms with Crippen molar-refractivity contribution in [1.82, 2.24) is 20.0 Å². The lowest BCUT2D eigenvalue weighted by Crippen LogP contribution is -2.23. The maximum absolute atomic E-state index is 11.9. The highest BCUT2D eigenvalue weighted by Crippen LogP contribution is 2.12. The fourth-order valence-corrected chi connectivity index (χ4v) is 2.14. The van der Waals surface area contributed by atoms with Crippen LogP contribution in [0.4, 0.5) is 0 Å². The van der Waals surface area contributed by atoms with Gasteiger partial charge in [0.25, 0.3) is 0 Å². The predicted octanol–water partition coefficient (Wildman–Crippen LogP) is 3.35. The van der Waals surface area contributed by atoms with E-state index in [4.69, 9.17) is 6.42 Å². The Morgan fingerprint density at radius 3 is 2.88 bits per heavy atom. The fourth-order valence-electron chi connectivity index (χ4n) is 2.14. The summed E-state index contributed by atoms with van der Waals surface area (Å²) in [5, 5.41) is 6.99. The Morgan fingerprint density at radius 2 is 2.27 bits per heavy atom. The van der Waals surface area contributed by atoms with Crippen LogP contribution in [0.25, 0.3) is 5.70 Å². The van der Waals surface area contributed by atoms with E-state index < -0.39 is 0 Å². The second kappa shape index (κ2) is 12.2. The van der Waals surface area contributed by atoms with E-state index in [0.717, 1.165) is 19.4 Å². The van der Waals surface area contributed by atoms with E-state index in [0.29, 0.717) is 17.8 Å². The average molecular weight is 350 g/mol. The van der Waals surface area contributed by atoms with Crippen LogP contribution in [-0.4, -0.2) is 33.7 Å². The van der Waals surface area contributed by atoms with Crippen LogP contribution in [0.2, 0.25) is 0 Å². The highest BCUT2D eigenvalue weighted by Gasteiger charge is 2.02. The van der Waals surface area contributed by atoms with Crippen LogP contribution in [0.15, 0.2) is 73.9 Å². The SMILES string of the molecule is C#CC(=C)/C(=C\C=C\C(=O)NCCCCN(C=C)/C=C\C)n1cccn1. The number of rotatable bonds is 11. The molecule has 0 fully saturated rings. The van der Waals surface area contributed by atoms with Crippen molar-refractivity contribution in [3.63, 3.8) is 0 Å². The monoisotopic (exact) mass is 350 g/mol. The zero-order chi connectivity index (χ0) is 19.2. The third-order valence-electron chi connectivity index (χ3n) is 3.45. The molecule has 0 aromatic carbocycles. The third-order valence-corrected chi connectivity index (χ3v) is 3.45. The molecule has 5 nitrogen and oxygen atoms in total. The van der Waals surface area contributed by atoms with E-state index >= 15 is 0 Å². The van der Waals surface area contributed by atoms with E-state index in [1.807, 2.05) is 24.1 Å². The third kappa shape index (κ3) is 7.54. The number of nitrogens with zero attached hydrogens (tertiary/aromatic N) is 3. The molecule has 1 N–H and O–H groups in total. The minimum Gasteiger partial charge on any atom is -0.355 e. The number of hydrogen-bond donors (Lipinski definition) is 1. The molecule has 1 heterocycles. The van der Waals surface area contributed by atoms with Crippen molar-refractivity contribution in [3.05, 3.63) is 73.9 Å². The number of nitrogens with one attached hydrogen (secondary N) is 1. The Kier molecular flexibility index (Phi) is 9.71. The van der Waals surface area contributed by atoms with Gasteiger partial charge in [0.05, 0.1) is 5.70 Å². The highest BCUT2D eigenvalue weighted by atomic mass is 16.1. The molecule has 0 unspecified atom stereocenters. The van der Waals surface area contributed by atoms with Gasteiger partial charge in [0.15, 0.2) is 0 Å². The van der Waals surface area contributed by atoms with Crippen LogP contribution in [0.1, 0.15) is 19.8 Å². The first-order valence-electron chi connectivity index (χ1n) is 8.45. The zero-order valence-corrected chi connectivity index (χ0v) is 15.3. The van der Waals surface area contributed by atoms with Crippen molar-refractivity contribution < 1.29 is 4.79 Å². The first-order valence-corrected chi connectivity index (χ1v) is 8.45. The Hall–Kier alpha value is -3.26. The Morgan fingerprint density at radius 1 is 1.46 bits per heavy atom. The Bertz CT molecular complexity index is 718. The van der Waals surface area contributed by atoms with Gasteiger partial charge in [-0.05, 0) is 44.3 Å². The molecule has 0 spiro atoms. The van der Waals surface area contributed by atoms with E-state index in [1.165, 1.54) is 6.08 Å². The Labute approximate surface area is 156 Å². The van der Waals surface area contributed by atoms with Gasteiger partial charge in [-0.1, -0.05) is 31.2 Å². The quantitative estimate of drug-likeness (QED) is 0.288. The van der Waals surface area contributed by atoms with Crippen LogP contribution < -0.4 is 5.32 Å². The largest absolute Gasteiger partial charge is 0.355 e. The highest BCUT2D eigenvalue weighted by molar-refractivity contribution is 5.88. The number of amides is 1. The number of unbranched alkanes of at least 4 members (excludes halogenated alkanes) is 1. The predicted molar refractivity (Wildman–Crippen MR) is 108 cm³/mol. The van der Waals surface area contributed by atoms with Gasteiger partial charge in [-0.3, -0.25) is 4.79 Å². The molecule has 1 amide bonds. The van der Waals surface area contributed by atoms with Gasteiger partial charge in [0.1, 0.15) is 0 Å². The number of hydrogen-bond acceptors (Lipinski definition) is 3. The molecule has 0 bridgehead atoms. The molecule has 0 radical (unpaired) electrons. The lowest BCUT2D eigenvalue weighted by atomic mass is 10.2. The van der Waals surface area contributed by atoms with Crippen molar-refractivity contribution in [3.8, 4) is 12.3 Å². The smallest absolute Gasteiger partial charge is 0.243 e. The second-order valence-electron chi connectivity index (χ2n) is 5.39. The molecule has 1 aromatic rings. The average Bonchev–Trinajstić information content (AvgIpc) is 3.17. The molecule has 136 valence electrons. The summed E-state index contributed by atoms with van der Waals surface area (Å²) in [6.45, 7) is 11.0. The minimum absolute atomic E-state index is 0.151. The van der Waals surface area contributed by atoms with Gasteiger partial charge in [-0.25, -0.2) is 4.68 Å². The molecule has 0 atom stereocenters. The van der Waals surface area contributed by atoms with E-state index in [2.05, 4.69) is 29.5 Å². The fraction of sp³-hybridized carbons (Fsp3) is 0.238. The van der Waals surface area contributed by atoms with Gasteiger partial charge >= 0.3 is 0 Å². The normalized spacial score (nSPS) is 11.5. The number of aromatic nitrogens is 2. The van der Waals surface area contributed by atoms with Crippen LogP contribution in [0.5, 0.6) is 0 Å². The van der Waals surface area contributed by atoms with Gasteiger partial charge in [0.2, 0.25) is 5.91 Å². The molecule has 0 aliphatic carbocycles. The van der Waals surface area contributed by atoms with E-state index in [1.54, 1.807) is 41.5 Å². The van der Waals surface area contributed by atoms with Crippen molar-refractivity contribution >= 4 is 11.6 Å². The van der Waals surface area contributed by atoms with Crippen molar-refractivity contribution in [2.45, 2.75) is 19.8 Å². The summed E-state index contributed by atoms with van der Waals surface area (Å²) in [5.74, 6) is 2.34. The maximum Gasteiger partial charge on any atom is 0.243 e. The molecule has 0 aliphatic heterocycles. The maximum atomic E-state index is 11.9.